The van der Waals surface area contributed by atoms with Gasteiger partial charge in [-0.3, -0.25) is 4.79 Å². The van der Waals surface area contributed by atoms with Crippen LogP contribution in [0.2, 0.25) is 0 Å². The van der Waals surface area contributed by atoms with Crippen molar-refractivity contribution in [2.24, 2.45) is 0 Å². The van der Waals surface area contributed by atoms with E-state index in [0.717, 1.165) is 33.9 Å². The molecule has 0 amide bonds. The summed E-state index contributed by atoms with van der Waals surface area (Å²) in [6.45, 7) is 0. The van der Waals surface area contributed by atoms with Gasteiger partial charge in [0.2, 0.25) is 0 Å². The van der Waals surface area contributed by atoms with Crippen LogP contribution in [0.4, 0.5) is 22.7 Å². The molecule has 0 saturated carbocycles. The van der Waals surface area contributed by atoms with Crippen molar-refractivity contribution in [2.75, 3.05) is 10.6 Å². The molecule has 3 nitrogen and oxygen atoms in total. The third kappa shape index (κ3) is 7.29. The van der Waals surface area contributed by atoms with Crippen LogP contribution in [-0.2, 0) is 10.8 Å². The molecule has 5 heteroatoms. The van der Waals surface area contributed by atoms with Crippen LogP contribution in [0.3, 0.4) is 0 Å². The van der Waals surface area contributed by atoms with Crippen LogP contribution >= 0.6 is 23.5 Å². The highest BCUT2D eigenvalue weighted by Gasteiger charge is 2.59. The number of para-hydroxylation sites is 2. The molecule has 2 aliphatic carbocycles. The summed E-state index contributed by atoms with van der Waals surface area (Å²) < 4.78 is 0. The largest absolute Gasteiger partial charge is 0.353 e. The van der Waals surface area contributed by atoms with E-state index in [-0.39, 0.29) is 17.6 Å². The molecule has 0 radical (unpaired) electrons. The molecule has 0 fully saturated rings. The van der Waals surface area contributed by atoms with Gasteiger partial charge in [-0.2, -0.15) is 0 Å². The maximum absolute atomic E-state index is 14.9. The lowest BCUT2D eigenvalue weighted by molar-refractivity contribution is 0.103. The van der Waals surface area contributed by atoms with Crippen LogP contribution in [0.5, 0.6) is 0 Å². The summed E-state index contributed by atoms with van der Waals surface area (Å²) in [6.07, 6.45) is 0. The van der Waals surface area contributed by atoms with Gasteiger partial charge in [-0.1, -0.05) is 278 Å². The topological polar surface area (TPSA) is 41.1 Å². The maximum atomic E-state index is 14.9. The van der Waals surface area contributed by atoms with Gasteiger partial charge in [0.1, 0.15) is 0 Å². The molecule has 2 unspecified atom stereocenters. The highest BCUT2D eigenvalue weighted by atomic mass is 32.2. The third-order valence-corrected chi connectivity index (χ3v) is 20.0. The zero-order chi connectivity index (χ0) is 54.4. The molecule has 2 N–H and O–H groups in total. The number of hydrogen-bond acceptors (Lipinski definition) is 5. The average molecular weight is 1090 g/mol. The first-order chi connectivity index (χ1) is 40.6. The lowest BCUT2D eigenvalue weighted by Crippen LogP contribution is -2.47. The van der Waals surface area contributed by atoms with Crippen LogP contribution in [0.25, 0.3) is 22.3 Å². The van der Waals surface area contributed by atoms with Crippen molar-refractivity contribution in [1.29, 1.82) is 0 Å². The van der Waals surface area contributed by atoms with Crippen molar-refractivity contribution in [3.05, 3.63) is 358 Å². The van der Waals surface area contributed by atoms with E-state index >= 15 is 0 Å². The summed E-state index contributed by atoms with van der Waals surface area (Å²) in [7, 11) is 0. The molecule has 0 saturated heterocycles. The molecular formula is C77H52N2OS2. The fraction of sp³-hybridized carbons (Fsp3) is 0.0519. The summed E-state index contributed by atoms with van der Waals surface area (Å²) >= 11 is 3.65. The van der Waals surface area contributed by atoms with E-state index in [9.17, 15) is 4.79 Å². The lowest BCUT2D eigenvalue weighted by atomic mass is 9.47. The van der Waals surface area contributed by atoms with Gasteiger partial charge in [0.15, 0.2) is 5.78 Å². The first kappa shape index (κ1) is 48.5. The van der Waals surface area contributed by atoms with Crippen molar-refractivity contribution in [3.8, 4) is 22.3 Å². The molecular weight excluding hydrogens is 1030 g/mol. The van der Waals surface area contributed by atoms with E-state index in [1.807, 2.05) is 47.8 Å². The second-order valence-corrected chi connectivity index (χ2v) is 24.0. The first-order valence-corrected chi connectivity index (χ1v) is 29.8. The minimum absolute atomic E-state index is 0.00797. The normalized spacial score (nSPS) is 16.1. The number of benzene rings is 12. The Morgan fingerprint density at radius 2 is 0.634 bits per heavy atom. The van der Waals surface area contributed by atoms with E-state index in [0.29, 0.717) is 11.1 Å². The molecule has 4 aliphatic rings. The fourth-order valence-electron chi connectivity index (χ4n) is 14.3. The molecule has 12 aromatic carbocycles. The SMILES string of the molecule is O=C(c1ccc(-c2cc3c(c4c2C(c2ccccc2)C4(c2ccccc2)c2ccccc2)Nc2ccccc2S3)cc1)c1ccc(-c2cc3c(c4c2C(c2ccccc2)C4(c2ccccc2)c2ccccc2)Nc2ccccc2S3)cc1. The van der Waals surface area contributed by atoms with E-state index in [4.69, 9.17) is 0 Å². The van der Waals surface area contributed by atoms with Crippen molar-refractivity contribution >= 4 is 52.1 Å². The summed E-state index contributed by atoms with van der Waals surface area (Å²) in [4.78, 5) is 19.6. The van der Waals surface area contributed by atoms with Crippen molar-refractivity contribution in [2.45, 2.75) is 42.2 Å². The summed E-state index contributed by atoms with van der Waals surface area (Å²) in [6, 6.07) is 105. The van der Waals surface area contributed by atoms with E-state index in [1.54, 1.807) is 0 Å². The highest BCUT2D eigenvalue weighted by Crippen LogP contribution is 2.70. The predicted molar refractivity (Wildman–Crippen MR) is 337 cm³/mol. The quantitative estimate of drug-likeness (QED) is 0.134. The summed E-state index contributed by atoms with van der Waals surface area (Å²) in [5.74, 6) is -0.0239. The molecule has 16 rings (SSSR count). The molecule has 2 aliphatic heterocycles. The molecule has 0 bridgehead atoms. The van der Waals surface area contributed by atoms with Gasteiger partial charge in [-0.25, -0.2) is 0 Å². The fourth-order valence-corrected chi connectivity index (χ4v) is 16.4. The van der Waals surface area contributed by atoms with Gasteiger partial charge in [0, 0.05) is 42.5 Å². The molecule has 388 valence electrons. The minimum Gasteiger partial charge on any atom is -0.353 e. The smallest absolute Gasteiger partial charge is 0.193 e. The Labute approximate surface area is 486 Å². The van der Waals surface area contributed by atoms with Crippen LogP contribution < -0.4 is 10.6 Å². The average Bonchev–Trinajstić information content (AvgIpc) is 0.903. The second-order valence-electron chi connectivity index (χ2n) is 21.9. The maximum Gasteiger partial charge on any atom is 0.193 e. The third-order valence-electron chi connectivity index (χ3n) is 17.7. The number of ketones is 1. The van der Waals surface area contributed by atoms with Gasteiger partial charge in [-0.15, -0.1) is 0 Å². The number of anilines is 4. The molecule has 0 spiro atoms. The molecule has 2 heterocycles. The van der Waals surface area contributed by atoms with Crippen molar-refractivity contribution in [3.63, 3.8) is 0 Å². The van der Waals surface area contributed by atoms with Gasteiger partial charge >= 0.3 is 0 Å². The van der Waals surface area contributed by atoms with E-state index in [2.05, 4.69) is 278 Å². The Bertz CT molecular complexity index is 4070. The molecule has 82 heavy (non-hydrogen) atoms. The number of fused-ring (bicyclic) bond motifs is 8. The zero-order valence-corrected chi connectivity index (χ0v) is 46.2. The summed E-state index contributed by atoms with van der Waals surface area (Å²) in [5.41, 5.74) is 22.1. The van der Waals surface area contributed by atoms with Crippen molar-refractivity contribution < 1.29 is 4.79 Å². The number of rotatable bonds is 10. The second kappa shape index (κ2) is 19.4. The van der Waals surface area contributed by atoms with Gasteiger partial charge in [0.25, 0.3) is 0 Å². The Morgan fingerprint density at radius 1 is 0.329 bits per heavy atom. The highest BCUT2D eigenvalue weighted by molar-refractivity contribution is 8.00. The first-order valence-electron chi connectivity index (χ1n) is 28.2. The lowest BCUT2D eigenvalue weighted by Gasteiger charge is -2.55. The van der Waals surface area contributed by atoms with Crippen LogP contribution in [0.1, 0.15) is 83.4 Å². The van der Waals surface area contributed by atoms with E-state index in [1.165, 1.54) is 86.3 Å². The van der Waals surface area contributed by atoms with E-state index < -0.39 is 10.8 Å². The molecule has 2 atom stereocenters. The zero-order valence-electron chi connectivity index (χ0n) is 44.6. The van der Waals surface area contributed by atoms with Crippen LogP contribution in [0, 0.1) is 0 Å². The number of hydrogen-bond donors (Lipinski definition) is 2. The number of carbonyl (C=O) groups excluding carboxylic acids is 1. The molecule has 0 aromatic heterocycles. The number of nitrogens with one attached hydrogen (secondary N) is 2. The summed E-state index contributed by atoms with van der Waals surface area (Å²) in [5, 5.41) is 7.97. The number of carbonyl (C=O) groups is 1. The predicted octanol–water partition coefficient (Wildman–Crippen LogP) is 19.6. The van der Waals surface area contributed by atoms with Crippen molar-refractivity contribution in [1.82, 2.24) is 0 Å². The molecule has 12 aromatic rings. The monoisotopic (exact) mass is 1080 g/mol. The standard InChI is InChI=1S/C77H52N2OS2/c80-75(53-43-39-49(40-44-53)59-47-65-73(78-61-35-19-21-37-63(61)81-65)71-67(59)69(51-23-7-1-8-24-51)76(71,55-27-11-3-12-28-55)56-29-13-4-14-30-56)54-45-41-50(42-46-54)60-48-66-74(79-62-36-20-22-38-64(62)82-66)72-68(60)70(52-25-9-2-10-26-52)77(72,57-31-15-5-16-32-57)58-33-17-6-18-34-58/h1-48,69-70,78-79H. The van der Waals surface area contributed by atoms with Gasteiger partial charge in [0.05, 0.1) is 33.6 Å². The van der Waals surface area contributed by atoms with Crippen LogP contribution in [-0.4, -0.2) is 5.78 Å². The Balaban J connectivity index is 0.813. The van der Waals surface area contributed by atoms with Gasteiger partial charge < -0.3 is 10.6 Å². The Hall–Kier alpha value is -9.39. The minimum atomic E-state index is -0.502. The Kier molecular flexibility index (Phi) is 11.5. The van der Waals surface area contributed by atoms with Gasteiger partial charge in [-0.05, 0) is 114 Å². The van der Waals surface area contributed by atoms with Crippen LogP contribution in [0.15, 0.2) is 311 Å². The Morgan fingerprint density at radius 3 is 0.976 bits per heavy atom.